The lowest BCUT2D eigenvalue weighted by Gasteiger charge is -2.39. The van der Waals surface area contributed by atoms with Crippen molar-refractivity contribution in [2.45, 2.75) is 113 Å². The van der Waals surface area contributed by atoms with Gasteiger partial charge in [-0.1, -0.05) is 19.8 Å². The molecule has 2 heterocycles. The van der Waals surface area contributed by atoms with Gasteiger partial charge in [-0.15, -0.1) is 0 Å². The summed E-state index contributed by atoms with van der Waals surface area (Å²) in [5.74, 6) is -0.750. The third-order valence-corrected chi connectivity index (χ3v) is 6.99. The van der Waals surface area contributed by atoms with Crippen molar-refractivity contribution in [1.82, 2.24) is 0 Å². The van der Waals surface area contributed by atoms with Gasteiger partial charge in [-0.2, -0.15) is 0 Å². The molecule has 5 aliphatic rings. The van der Waals surface area contributed by atoms with Crippen LogP contribution in [0, 0.1) is 5.92 Å². The maximum absolute atomic E-state index is 11.0. The molecule has 0 amide bonds. The number of fused-ring (bicyclic) bond motifs is 2. The predicted octanol–water partition coefficient (Wildman–Crippen LogP) is 2.89. The second-order valence-corrected chi connectivity index (χ2v) is 8.62. The number of hydrogen-bond acceptors (Lipinski definition) is 5. The maximum Gasteiger partial charge on any atom is 0.169 e. The number of ether oxygens (including phenoxy) is 4. The number of aliphatic hydroxyl groups is 1. The van der Waals surface area contributed by atoms with Crippen molar-refractivity contribution in [2.24, 2.45) is 5.92 Å². The van der Waals surface area contributed by atoms with Gasteiger partial charge in [0.25, 0.3) is 0 Å². The SMILES string of the molecule is C[C@@H]1[C@H]2OC3(CCCCC3)O[C@H]2[C@@H](O)[C@@H]2OC3(CCCCC3)O[C@@H]12. The predicted molar refractivity (Wildman–Crippen MR) is 86.3 cm³/mol. The summed E-state index contributed by atoms with van der Waals surface area (Å²) in [4.78, 5) is 0. The van der Waals surface area contributed by atoms with Crippen LogP contribution in [-0.2, 0) is 18.9 Å². The molecule has 3 aliphatic carbocycles. The van der Waals surface area contributed by atoms with Gasteiger partial charge in [0.2, 0.25) is 0 Å². The summed E-state index contributed by atoms with van der Waals surface area (Å²) in [5.41, 5.74) is 0. The van der Waals surface area contributed by atoms with Crippen molar-refractivity contribution < 1.29 is 24.1 Å². The lowest BCUT2D eigenvalue weighted by atomic mass is 9.80. The topological polar surface area (TPSA) is 57.2 Å². The molecule has 0 aromatic heterocycles. The molecule has 2 aliphatic heterocycles. The summed E-state index contributed by atoms with van der Waals surface area (Å²) >= 11 is 0. The highest BCUT2D eigenvalue weighted by atomic mass is 16.8. The van der Waals surface area contributed by atoms with Crippen molar-refractivity contribution >= 4 is 0 Å². The molecule has 136 valence electrons. The van der Waals surface area contributed by atoms with Crippen LogP contribution in [0.4, 0.5) is 0 Å². The van der Waals surface area contributed by atoms with E-state index in [1.807, 2.05) is 0 Å². The molecule has 2 spiro atoms. The van der Waals surface area contributed by atoms with Crippen LogP contribution in [0.2, 0.25) is 0 Å². The van der Waals surface area contributed by atoms with Crippen molar-refractivity contribution in [3.05, 3.63) is 0 Å². The average molecular weight is 338 g/mol. The van der Waals surface area contributed by atoms with Crippen molar-refractivity contribution in [2.75, 3.05) is 0 Å². The second-order valence-electron chi connectivity index (χ2n) is 8.62. The Bertz CT molecular complexity index is 410. The third kappa shape index (κ3) is 2.32. The monoisotopic (exact) mass is 338 g/mol. The van der Waals surface area contributed by atoms with Gasteiger partial charge >= 0.3 is 0 Å². The van der Waals surface area contributed by atoms with E-state index in [2.05, 4.69) is 6.92 Å². The van der Waals surface area contributed by atoms with Gasteiger partial charge in [-0.3, -0.25) is 0 Å². The van der Waals surface area contributed by atoms with E-state index in [4.69, 9.17) is 18.9 Å². The first-order valence-corrected chi connectivity index (χ1v) is 10.0. The summed E-state index contributed by atoms with van der Waals surface area (Å²) in [7, 11) is 0. The smallest absolute Gasteiger partial charge is 0.169 e. The summed E-state index contributed by atoms with van der Waals surface area (Å²) in [6.07, 6.45) is 9.50. The Labute approximate surface area is 144 Å². The van der Waals surface area contributed by atoms with Crippen LogP contribution in [0.3, 0.4) is 0 Å². The summed E-state index contributed by atoms with van der Waals surface area (Å²) in [6.45, 7) is 2.18. The first-order chi connectivity index (χ1) is 11.6. The fourth-order valence-electron chi connectivity index (χ4n) is 5.68. The molecule has 5 nitrogen and oxygen atoms in total. The highest BCUT2D eigenvalue weighted by Gasteiger charge is 2.64. The first kappa shape index (κ1) is 16.0. The highest BCUT2D eigenvalue weighted by Crippen LogP contribution is 2.52. The van der Waals surface area contributed by atoms with Crippen LogP contribution in [0.1, 0.15) is 71.1 Å². The molecule has 0 radical (unpaired) electrons. The average Bonchev–Trinajstić information content (AvgIpc) is 3.14. The minimum absolute atomic E-state index is 0.0818. The minimum Gasteiger partial charge on any atom is -0.387 e. The van der Waals surface area contributed by atoms with E-state index >= 15 is 0 Å². The van der Waals surface area contributed by atoms with Crippen molar-refractivity contribution in [3.8, 4) is 0 Å². The van der Waals surface area contributed by atoms with Gasteiger partial charge in [0, 0.05) is 31.6 Å². The molecule has 5 rings (SSSR count). The first-order valence-electron chi connectivity index (χ1n) is 10.0. The van der Waals surface area contributed by atoms with Gasteiger partial charge in [-0.25, -0.2) is 0 Å². The molecule has 0 aromatic rings. The van der Waals surface area contributed by atoms with Gasteiger partial charge in [-0.05, 0) is 25.7 Å². The van der Waals surface area contributed by atoms with E-state index in [0.717, 1.165) is 51.4 Å². The highest BCUT2D eigenvalue weighted by molar-refractivity contribution is 5.07. The molecule has 24 heavy (non-hydrogen) atoms. The minimum atomic E-state index is -0.654. The quantitative estimate of drug-likeness (QED) is 0.736. The Morgan fingerprint density at radius 2 is 1.00 bits per heavy atom. The largest absolute Gasteiger partial charge is 0.387 e. The van der Waals surface area contributed by atoms with E-state index in [1.165, 1.54) is 12.8 Å². The zero-order valence-electron chi connectivity index (χ0n) is 14.6. The molecule has 0 bridgehead atoms. The van der Waals surface area contributed by atoms with Crippen LogP contribution in [0.5, 0.6) is 0 Å². The van der Waals surface area contributed by atoms with E-state index in [0.29, 0.717) is 0 Å². The Morgan fingerprint density at radius 3 is 1.42 bits per heavy atom. The standard InChI is InChI=1S/C19H30O5/c1-12-14-16(23-18(21-14)8-4-2-5-9-18)13(20)17-15(12)22-19(24-17)10-6-3-7-11-19/h12-17,20H,2-11H2,1H3/t12-,13-,14-,15+,16-,17-/m0/s1. The normalized spacial score (nSPS) is 49.2. The van der Waals surface area contributed by atoms with Gasteiger partial charge in [0.15, 0.2) is 11.6 Å². The van der Waals surface area contributed by atoms with Crippen LogP contribution >= 0.6 is 0 Å². The fourth-order valence-corrected chi connectivity index (χ4v) is 5.68. The van der Waals surface area contributed by atoms with Crippen molar-refractivity contribution in [1.29, 1.82) is 0 Å². The Hall–Kier alpha value is -0.200. The number of rotatable bonds is 0. The molecule has 0 unspecified atom stereocenters. The number of aliphatic hydroxyl groups excluding tert-OH is 1. The molecule has 0 aromatic carbocycles. The molecule has 1 N–H and O–H groups in total. The Morgan fingerprint density at radius 1 is 0.625 bits per heavy atom. The molecule has 2 saturated heterocycles. The second kappa shape index (κ2) is 5.65. The molecule has 3 saturated carbocycles. The molecule has 6 atom stereocenters. The Kier molecular flexibility index (Phi) is 3.77. The van der Waals surface area contributed by atoms with Crippen LogP contribution in [0.25, 0.3) is 0 Å². The summed E-state index contributed by atoms with van der Waals surface area (Å²) in [6, 6.07) is 0. The van der Waals surface area contributed by atoms with Crippen LogP contribution in [0.15, 0.2) is 0 Å². The zero-order chi connectivity index (χ0) is 16.4. The number of hydrogen-bond donors (Lipinski definition) is 1. The molecule has 5 fully saturated rings. The fraction of sp³-hybridized carbons (Fsp3) is 1.00. The van der Waals surface area contributed by atoms with Crippen LogP contribution in [-0.4, -0.2) is 47.2 Å². The van der Waals surface area contributed by atoms with E-state index in [9.17, 15) is 5.11 Å². The molecule has 5 heteroatoms. The van der Waals surface area contributed by atoms with E-state index in [1.54, 1.807) is 0 Å². The third-order valence-electron chi connectivity index (χ3n) is 6.99. The van der Waals surface area contributed by atoms with Gasteiger partial charge in [0.1, 0.15) is 18.3 Å². The van der Waals surface area contributed by atoms with E-state index < -0.39 is 17.7 Å². The zero-order valence-corrected chi connectivity index (χ0v) is 14.6. The molecular weight excluding hydrogens is 308 g/mol. The summed E-state index contributed by atoms with van der Waals surface area (Å²) in [5, 5.41) is 11.0. The van der Waals surface area contributed by atoms with Gasteiger partial charge in [0.05, 0.1) is 12.2 Å². The van der Waals surface area contributed by atoms with E-state index in [-0.39, 0.29) is 30.3 Å². The lowest BCUT2D eigenvalue weighted by Crippen LogP contribution is -2.57. The summed E-state index contributed by atoms with van der Waals surface area (Å²) < 4.78 is 25.6. The lowest BCUT2D eigenvalue weighted by molar-refractivity contribution is -0.221. The van der Waals surface area contributed by atoms with Crippen LogP contribution < -0.4 is 0 Å². The van der Waals surface area contributed by atoms with Crippen molar-refractivity contribution in [3.63, 3.8) is 0 Å². The maximum atomic E-state index is 11.0. The van der Waals surface area contributed by atoms with Gasteiger partial charge < -0.3 is 24.1 Å². The molecular formula is C19H30O5. The Balaban J connectivity index is 1.38.